The Morgan fingerprint density at radius 2 is 2.15 bits per heavy atom. The molecule has 5 heteroatoms. The molecule has 0 fully saturated rings. The number of aliphatic hydroxyl groups excluding tert-OH is 1. The maximum Gasteiger partial charge on any atom is 0.414 e. The summed E-state index contributed by atoms with van der Waals surface area (Å²) in [6.07, 6.45) is 0.722. The van der Waals surface area contributed by atoms with Gasteiger partial charge in [0.15, 0.2) is 0 Å². The van der Waals surface area contributed by atoms with Gasteiger partial charge >= 0.3 is 6.09 Å². The summed E-state index contributed by atoms with van der Waals surface area (Å²) in [6, 6.07) is 3.60. The van der Waals surface area contributed by atoms with Crippen LogP contribution < -0.4 is 4.90 Å². The van der Waals surface area contributed by atoms with Crippen LogP contribution in [-0.2, 0) is 11.2 Å². The smallest absolute Gasteiger partial charge is 0.414 e. The van der Waals surface area contributed by atoms with E-state index >= 15 is 0 Å². The van der Waals surface area contributed by atoms with E-state index < -0.39 is 11.7 Å². The lowest BCUT2D eigenvalue weighted by Gasteiger charge is -2.31. The zero-order valence-electron chi connectivity index (χ0n) is 12.5. The molecular formula is C15H22N2O3. The fourth-order valence-corrected chi connectivity index (χ4v) is 2.21. The average Bonchev–Trinajstić information content (AvgIpc) is 2.35. The van der Waals surface area contributed by atoms with E-state index in [-0.39, 0.29) is 6.09 Å². The number of aromatic nitrogens is 1. The Hall–Kier alpha value is -1.62. The SMILES string of the molecule is CC(O)c1ccc2c(n1)CCCN2C(=O)OC(C)(C)C. The number of ether oxygens (including phenoxy) is 1. The molecule has 1 amide bonds. The van der Waals surface area contributed by atoms with E-state index in [0.717, 1.165) is 24.2 Å². The van der Waals surface area contributed by atoms with Crippen LogP contribution in [0.25, 0.3) is 0 Å². The van der Waals surface area contributed by atoms with E-state index in [9.17, 15) is 9.90 Å². The second kappa shape index (κ2) is 5.40. The van der Waals surface area contributed by atoms with Gasteiger partial charge in [0.05, 0.1) is 23.2 Å². The third-order valence-corrected chi connectivity index (χ3v) is 3.10. The van der Waals surface area contributed by atoms with Crippen molar-refractivity contribution < 1.29 is 14.6 Å². The van der Waals surface area contributed by atoms with Crippen molar-refractivity contribution in [3.8, 4) is 0 Å². The molecule has 1 aliphatic rings. The molecule has 2 rings (SSSR count). The third kappa shape index (κ3) is 3.28. The van der Waals surface area contributed by atoms with Crippen molar-refractivity contribution in [1.29, 1.82) is 0 Å². The zero-order chi connectivity index (χ0) is 14.9. The van der Waals surface area contributed by atoms with Crippen LogP contribution in [0.15, 0.2) is 12.1 Å². The van der Waals surface area contributed by atoms with Crippen molar-refractivity contribution in [3.05, 3.63) is 23.5 Å². The van der Waals surface area contributed by atoms with Crippen molar-refractivity contribution in [2.75, 3.05) is 11.4 Å². The van der Waals surface area contributed by atoms with Gasteiger partial charge in [-0.15, -0.1) is 0 Å². The van der Waals surface area contributed by atoms with Crippen LogP contribution in [0.3, 0.4) is 0 Å². The average molecular weight is 278 g/mol. The molecule has 5 nitrogen and oxygen atoms in total. The summed E-state index contributed by atoms with van der Waals surface area (Å²) in [6.45, 7) is 7.88. The first-order valence-corrected chi connectivity index (χ1v) is 6.96. The number of fused-ring (bicyclic) bond motifs is 1. The minimum atomic E-state index is -0.600. The number of carbonyl (C=O) groups is 1. The standard InChI is InChI=1S/C15H22N2O3/c1-10(18)11-7-8-13-12(16-11)6-5-9-17(13)14(19)20-15(2,3)4/h7-8,10,18H,5-6,9H2,1-4H3. The van der Waals surface area contributed by atoms with Crippen molar-refractivity contribution in [1.82, 2.24) is 4.98 Å². The topological polar surface area (TPSA) is 62.7 Å². The highest BCUT2D eigenvalue weighted by Crippen LogP contribution is 2.28. The second-order valence-electron chi connectivity index (χ2n) is 6.11. The van der Waals surface area contributed by atoms with E-state index in [4.69, 9.17) is 4.74 Å². The lowest BCUT2D eigenvalue weighted by atomic mass is 10.1. The van der Waals surface area contributed by atoms with Gasteiger partial charge in [0, 0.05) is 6.54 Å². The number of pyridine rings is 1. The van der Waals surface area contributed by atoms with Gasteiger partial charge in [0.1, 0.15) is 5.60 Å². The fraction of sp³-hybridized carbons (Fsp3) is 0.600. The number of aryl methyl sites for hydroxylation is 1. The van der Waals surface area contributed by atoms with Gasteiger partial charge in [0.2, 0.25) is 0 Å². The molecule has 0 saturated carbocycles. The fourth-order valence-electron chi connectivity index (χ4n) is 2.21. The van der Waals surface area contributed by atoms with E-state index in [0.29, 0.717) is 12.2 Å². The van der Waals surface area contributed by atoms with Crippen LogP contribution in [-0.4, -0.2) is 28.3 Å². The van der Waals surface area contributed by atoms with E-state index in [2.05, 4.69) is 4.98 Å². The Bertz CT molecular complexity index is 506. The van der Waals surface area contributed by atoms with Crippen LogP contribution in [0.4, 0.5) is 10.5 Å². The summed E-state index contributed by atoms with van der Waals surface area (Å²) in [5, 5.41) is 9.59. The highest BCUT2D eigenvalue weighted by molar-refractivity contribution is 5.89. The van der Waals surface area contributed by atoms with Crippen LogP contribution in [0.2, 0.25) is 0 Å². The summed E-state index contributed by atoms with van der Waals surface area (Å²) in [5.41, 5.74) is 1.76. The summed E-state index contributed by atoms with van der Waals surface area (Å²) < 4.78 is 5.42. The normalized spacial score (nSPS) is 16.6. The Balaban J connectivity index is 2.27. The molecular weight excluding hydrogens is 256 g/mol. The van der Waals surface area contributed by atoms with E-state index in [1.54, 1.807) is 17.9 Å². The molecule has 0 aliphatic carbocycles. The molecule has 1 N–H and O–H groups in total. The lowest BCUT2D eigenvalue weighted by Crippen LogP contribution is -2.40. The predicted octanol–water partition coefficient (Wildman–Crippen LogP) is 2.82. The second-order valence-corrected chi connectivity index (χ2v) is 6.11. The first-order valence-electron chi connectivity index (χ1n) is 6.96. The molecule has 0 spiro atoms. The van der Waals surface area contributed by atoms with Crippen molar-refractivity contribution >= 4 is 11.8 Å². The van der Waals surface area contributed by atoms with Gasteiger partial charge < -0.3 is 9.84 Å². The molecule has 0 bridgehead atoms. The van der Waals surface area contributed by atoms with Crippen LogP contribution in [0.5, 0.6) is 0 Å². The summed E-state index contributed by atoms with van der Waals surface area (Å²) in [4.78, 5) is 18.3. The van der Waals surface area contributed by atoms with Crippen molar-refractivity contribution in [3.63, 3.8) is 0 Å². The molecule has 1 aromatic heterocycles. The van der Waals surface area contributed by atoms with Crippen LogP contribution >= 0.6 is 0 Å². The minimum absolute atomic E-state index is 0.343. The number of anilines is 1. The number of hydrogen-bond acceptors (Lipinski definition) is 4. The van der Waals surface area contributed by atoms with Gasteiger partial charge in [-0.1, -0.05) is 0 Å². The summed E-state index contributed by atoms with van der Waals surface area (Å²) >= 11 is 0. The van der Waals surface area contributed by atoms with Gasteiger partial charge in [-0.3, -0.25) is 9.88 Å². The van der Waals surface area contributed by atoms with Crippen molar-refractivity contribution in [2.45, 2.75) is 52.2 Å². The Morgan fingerprint density at radius 1 is 1.45 bits per heavy atom. The third-order valence-electron chi connectivity index (χ3n) is 3.10. The number of rotatable bonds is 1. The maximum absolute atomic E-state index is 12.2. The summed E-state index contributed by atoms with van der Waals surface area (Å²) in [7, 11) is 0. The molecule has 20 heavy (non-hydrogen) atoms. The number of carbonyl (C=O) groups excluding carboxylic acids is 1. The molecule has 0 saturated heterocycles. The molecule has 1 aliphatic heterocycles. The largest absolute Gasteiger partial charge is 0.443 e. The van der Waals surface area contributed by atoms with Gasteiger partial charge in [-0.05, 0) is 52.7 Å². The Kier molecular flexibility index (Phi) is 3.99. The predicted molar refractivity (Wildman–Crippen MR) is 76.8 cm³/mol. The van der Waals surface area contributed by atoms with E-state index in [1.807, 2.05) is 26.8 Å². The number of aliphatic hydroxyl groups is 1. The number of nitrogens with zero attached hydrogens (tertiary/aromatic N) is 2. The van der Waals surface area contributed by atoms with Gasteiger partial charge in [-0.2, -0.15) is 0 Å². The molecule has 110 valence electrons. The molecule has 2 heterocycles. The van der Waals surface area contributed by atoms with Gasteiger partial charge in [-0.25, -0.2) is 4.79 Å². The molecule has 1 unspecified atom stereocenters. The van der Waals surface area contributed by atoms with Gasteiger partial charge in [0.25, 0.3) is 0 Å². The highest BCUT2D eigenvalue weighted by Gasteiger charge is 2.28. The lowest BCUT2D eigenvalue weighted by molar-refractivity contribution is 0.0577. The number of amides is 1. The minimum Gasteiger partial charge on any atom is -0.443 e. The first-order chi connectivity index (χ1) is 9.28. The van der Waals surface area contributed by atoms with Crippen LogP contribution in [0, 0.1) is 0 Å². The zero-order valence-corrected chi connectivity index (χ0v) is 12.5. The molecule has 0 aromatic carbocycles. The van der Waals surface area contributed by atoms with Crippen molar-refractivity contribution in [2.24, 2.45) is 0 Å². The molecule has 0 radical (unpaired) electrons. The quantitative estimate of drug-likeness (QED) is 0.858. The Morgan fingerprint density at radius 3 is 2.75 bits per heavy atom. The number of hydrogen-bond donors (Lipinski definition) is 1. The maximum atomic E-state index is 12.2. The monoisotopic (exact) mass is 278 g/mol. The molecule has 1 atom stereocenters. The summed E-state index contributed by atoms with van der Waals surface area (Å²) in [5.74, 6) is 0. The Labute approximate surface area is 119 Å². The first kappa shape index (κ1) is 14.8. The van der Waals surface area contributed by atoms with E-state index in [1.165, 1.54) is 0 Å². The highest BCUT2D eigenvalue weighted by atomic mass is 16.6. The van der Waals surface area contributed by atoms with Crippen LogP contribution in [0.1, 0.15) is 51.6 Å². The molecule has 1 aromatic rings.